The Labute approximate surface area is 128 Å². The first-order valence-corrected chi connectivity index (χ1v) is 8.22. The lowest BCUT2D eigenvalue weighted by Gasteiger charge is -2.35. The Bertz CT molecular complexity index is 474. The molecule has 0 bridgehead atoms. The van der Waals surface area contributed by atoms with Crippen molar-refractivity contribution in [1.29, 1.82) is 0 Å². The Morgan fingerprint density at radius 1 is 1.29 bits per heavy atom. The summed E-state index contributed by atoms with van der Waals surface area (Å²) < 4.78 is 5.87. The van der Waals surface area contributed by atoms with E-state index in [4.69, 9.17) is 4.74 Å². The van der Waals surface area contributed by atoms with Crippen molar-refractivity contribution < 1.29 is 4.74 Å². The van der Waals surface area contributed by atoms with Gasteiger partial charge in [0.05, 0.1) is 6.10 Å². The molecule has 0 aromatic heterocycles. The molecule has 2 aliphatic rings. The second-order valence-electron chi connectivity index (χ2n) is 7.47. The summed E-state index contributed by atoms with van der Waals surface area (Å²) in [6.07, 6.45) is 2.81. The van der Waals surface area contributed by atoms with Crippen LogP contribution in [0.15, 0.2) is 24.3 Å². The van der Waals surface area contributed by atoms with Crippen LogP contribution >= 0.6 is 0 Å². The predicted molar refractivity (Wildman–Crippen MR) is 87.7 cm³/mol. The van der Waals surface area contributed by atoms with Gasteiger partial charge in [-0.1, -0.05) is 39.0 Å². The molecule has 3 heteroatoms. The largest absolute Gasteiger partial charge is 0.376 e. The van der Waals surface area contributed by atoms with Gasteiger partial charge in [-0.15, -0.1) is 0 Å². The minimum atomic E-state index is 0.261. The maximum atomic E-state index is 5.87. The summed E-state index contributed by atoms with van der Waals surface area (Å²) in [4.78, 5) is 2.54. The molecule has 1 saturated heterocycles. The van der Waals surface area contributed by atoms with Crippen molar-refractivity contribution in [2.75, 3.05) is 24.6 Å². The van der Waals surface area contributed by atoms with Gasteiger partial charge in [0.25, 0.3) is 0 Å². The van der Waals surface area contributed by atoms with Crippen molar-refractivity contribution in [3.63, 3.8) is 0 Å². The van der Waals surface area contributed by atoms with Gasteiger partial charge in [-0.05, 0) is 29.9 Å². The number of hydrogen-bond donors (Lipinski definition) is 1. The van der Waals surface area contributed by atoms with Crippen LogP contribution in [-0.2, 0) is 11.3 Å². The average molecular weight is 288 g/mol. The molecule has 2 aliphatic heterocycles. The molecular formula is C18H28N2O. The van der Waals surface area contributed by atoms with Gasteiger partial charge in [-0.25, -0.2) is 0 Å². The summed E-state index contributed by atoms with van der Waals surface area (Å²) in [5.41, 5.74) is 3.05. The van der Waals surface area contributed by atoms with E-state index in [1.165, 1.54) is 24.1 Å². The highest BCUT2D eigenvalue weighted by Gasteiger charge is 2.31. The molecule has 1 fully saturated rings. The predicted octanol–water partition coefficient (Wildman–Crippen LogP) is 3.19. The van der Waals surface area contributed by atoms with Crippen LogP contribution in [0.25, 0.3) is 0 Å². The second kappa shape index (κ2) is 5.98. The topological polar surface area (TPSA) is 24.5 Å². The van der Waals surface area contributed by atoms with Gasteiger partial charge >= 0.3 is 0 Å². The molecule has 0 spiro atoms. The van der Waals surface area contributed by atoms with Gasteiger partial charge in [0, 0.05) is 38.0 Å². The van der Waals surface area contributed by atoms with Crippen LogP contribution in [0.4, 0.5) is 5.69 Å². The molecule has 2 heterocycles. The Kier molecular flexibility index (Phi) is 4.23. The number of benzene rings is 1. The Morgan fingerprint density at radius 2 is 2.10 bits per heavy atom. The smallest absolute Gasteiger partial charge is 0.0750 e. The van der Waals surface area contributed by atoms with Crippen LogP contribution in [0.3, 0.4) is 0 Å². The normalized spacial score (nSPS) is 26.5. The molecule has 0 amide bonds. The fourth-order valence-corrected chi connectivity index (χ4v) is 3.37. The van der Waals surface area contributed by atoms with Crippen molar-refractivity contribution in [3.8, 4) is 0 Å². The van der Waals surface area contributed by atoms with Gasteiger partial charge in [-0.2, -0.15) is 0 Å². The standard InChI is InChI=1S/C18H28N2O/c1-18(2,3)17-13-20(12-15-8-6-10-21-15)16-9-5-4-7-14(16)11-19-17/h4-5,7,9,15,17,19H,6,8,10-13H2,1-3H3. The fourth-order valence-electron chi connectivity index (χ4n) is 3.37. The van der Waals surface area contributed by atoms with Gasteiger partial charge < -0.3 is 15.0 Å². The number of rotatable bonds is 2. The van der Waals surface area contributed by atoms with Crippen LogP contribution in [0.2, 0.25) is 0 Å². The van der Waals surface area contributed by atoms with Crippen LogP contribution in [0.1, 0.15) is 39.2 Å². The molecule has 0 radical (unpaired) electrons. The van der Waals surface area contributed by atoms with E-state index in [2.05, 4.69) is 55.3 Å². The third-order valence-electron chi connectivity index (χ3n) is 4.77. The van der Waals surface area contributed by atoms with E-state index in [0.29, 0.717) is 12.1 Å². The molecule has 116 valence electrons. The minimum Gasteiger partial charge on any atom is -0.376 e. The Morgan fingerprint density at radius 3 is 2.81 bits per heavy atom. The summed E-state index contributed by atoms with van der Waals surface area (Å²) in [7, 11) is 0. The number of nitrogens with zero attached hydrogens (tertiary/aromatic N) is 1. The van der Waals surface area contributed by atoms with Crippen molar-refractivity contribution in [2.24, 2.45) is 5.41 Å². The first-order valence-electron chi connectivity index (χ1n) is 8.22. The van der Waals surface area contributed by atoms with Crippen molar-refractivity contribution >= 4 is 5.69 Å². The molecule has 0 aliphatic carbocycles. The molecule has 21 heavy (non-hydrogen) atoms. The molecular weight excluding hydrogens is 260 g/mol. The molecule has 1 aromatic carbocycles. The zero-order chi connectivity index (χ0) is 14.9. The van der Waals surface area contributed by atoms with Gasteiger partial charge in [0.15, 0.2) is 0 Å². The van der Waals surface area contributed by atoms with Gasteiger partial charge in [-0.3, -0.25) is 0 Å². The maximum absolute atomic E-state index is 5.87. The summed E-state index contributed by atoms with van der Waals surface area (Å²) in [6, 6.07) is 9.29. The number of para-hydroxylation sites is 1. The van der Waals surface area contributed by atoms with E-state index < -0.39 is 0 Å². The van der Waals surface area contributed by atoms with Gasteiger partial charge in [0.2, 0.25) is 0 Å². The lowest BCUT2D eigenvalue weighted by atomic mass is 9.86. The molecule has 2 unspecified atom stereocenters. The van der Waals surface area contributed by atoms with E-state index in [1.54, 1.807) is 0 Å². The molecule has 1 N–H and O–H groups in total. The van der Waals surface area contributed by atoms with E-state index in [1.807, 2.05) is 0 Å². The van der Waals surface area contributed by atoms with Crippen LogP contribution in [0, 0.1) is 5.41 Å². The second-order valence-corrected chi connectivity index (χ2v) is 7.47. The molecule has 0 saturated carbocycles. The van der Waals surface area contributed by atoms with E-state index >= 15 is 0 Å². The lowest BCUT2D eigenvalue weighted by molar-refractivity contribution is 0.114. The number of nitrogens with one attached hydrogen (secondary N) is 1. The molecule has 2 atom stereocenters. The fraction of sp³-hybridized carbons (Fsp3) is 0.667. The summed E-state index contributed by atoms with van der Waals surface area (Å²) in [6.45, 7) is 10.9. The molecule has 3 nitrogen and oxygen atoms in total. The number of anilines is 1. The van der Waals surface area contributed by atoms with E-state index in [9.17, 15) is 0 Å². The Balaban J connectivity index is 1.84. The number of hydrogen-bond acceptors (Lipinski definition) is 3. The zero-order valence-corrected chi connectivity index (χ0v) is 13.6. The number of ether oxygens (including phenoxy) is 1. The van der Waals surface area contributed by atoms with Crippen LogP contribution in [-0.4, -0.2) is 31.8 Å². The highest BCUT2D eigenvalue weighted by atomic mass is 16.5. The quantitative estimate of drug-likeness (QED) is 0.904. The highest BCUT2D eigenvalue weighted by Crippen LogP contribution is 2.30. The first-order chi connectivity index (χ1) is 10.0. The minimum absolute atomic E-state index is 0.261. The lowest BCUT2D eigenvalue weighted by Crippen LogP contribution is -2.48. The van der Waals surface area contributed by atoms with Crippen molar-refractivity contribution in [1.82, 2.24) is 5.32 Å². The van der Waals surface area contributed by atoms with Crippen LogP contribution in [0.5, 0.6) is 0 Å². The third kappa shape index (κ3) is 3.41. The van der Waals surface area contributed by atoms with Gasteiger partial charge in [0.1, 0.15) is 0 Å². The molecule has 3 rings (SSSR count). The SMILES string of the molecule is CC(C)(C)C1CN(CC2CCCO2)c2ccccc2CN1. The zero-order valence-electron chi connectivity index (χ0n) is 13.6. The monoisotopic (exact) mass is 288 g/mol. The summed E-state index contributed by atoms with van der Waals surface area (Å²) in [5, 5.41) is 3.75. The summed E-state index contributed by atoms with van der Waals surface area (Å²) in [5.74, 6) is 0. The average Bonchev–Trinajstić information content (AvgIpc) is 2.86. The maximum Gasteiger partial charge on any atom is 0.0750 e. The third-order valence-corrected chi connectivity index (χ3v) is 4.77. The van der Waals surface area contributed by atoms with Crippen molar-refractivity contribution in [2.45, 2.75) is 52.3 Å². The first kappa shape index (κ1) is 14.9. The van der Waals surface area contributed by atoms with E-state index in [-0.39, 0.29) is 5.41 Å². The van der Waals surface area contributed by atoms with E-state index in [0.717, 1.165) is 26.2 Å². The highest BCUT2D eigenvalue weighted by molar-refractivity contribution is 5.55. The van der Waals surface area contributed by atoms with Crippen molar-refractivity contribution in [3.05, 3.63) is 29.8 Å². The number of fused-ring (bicyclic) bond motifs is 1. The summed E-state index contributed by atoms with van der Waals surface area (Å²) >= 11 is 0. The Hall–Kier alpha value is -1.06. The van der Waals surface area contributed by atoms with Crippen LogP contribution < -0.4 is 10.2 Å². The molecule has 1 aromatic rings.